The predicted octanol–water partition coefficient (Wildman–Crippen LogP) is 3.40. The minimum atomic E-state index is -4.73. The molecule has 0 aliphatic rings. The van der Waals surface area contributed by atoms with E-state index in [-0.39, 0.29) is 9.63 Å². The molecule has 0 fully saturated rings. The minimum absolute atomic E-state index is 0.0672. The number of ether oxygens (including phenoxy) is 1. The van der Waals surface area contributed by atoms with Gasteiger partial charge in [-0.25, -0.2) is 4.98 Å². The fourth-order valence-electron chi connectivity index (χ4n) is 0.599. The van der Waals surface area contributed by atoms with E-state index in [0.29, 0.717) is 0 Å². The highest BCUT2D eigenvalue weighted by Crippen LogP contribution is 2.31. The summed E-state index contributed by atoms with van der Waals surface area (Å²) in [6, 6.07) is 0.971. The lowest BCUT2D eigenvalue weighted by atomic mass is 10.4. The van der Waals surface area contributed by atoms with Crippen molar-refractivity contribution in [2.24, 2.45) is 0 Å². The van der Waals surface area contributed by atoms with Crippen LogP contribution in [0, 0.1) is 0 Å². The smallest absolute Gasteiger partial charge is 0.404 e. The Bertz CT molecular complexity index is 317. The van der Waals surface area contributed by atoms with Crippen molar-refractivity contribution in [2.45, 2.75) is 6.36 Å². The first kappa shape index (κ1) is 10.6. The molecule has 0 radical (unpaired) electrons. The lowest BCUT2D eigenvalue weighted by Gasteiger charge is -2.09. The van der Waals surface area contributed by atoms with Crippen LogP contribution in [0.3, 0.4) is 0 Å². The molecule has 0 aliphatic carbocycles. The van der Waals surface area contributed by atoms with Crippen molar-refractivity contribution in [3.8, 4) is 5.75 Å². The molecule has 2 nitrogen and oxygen atoms in total. The minimum Gasteiger partial charge on any atom is -0.404 e. The number of hydrogen-bond acceptors (Lipinski definition) is 2. The largest absolute Gasteiger partial charge is 0.573 e. The van der Waals surface area contributed by atoms with Crippen LogP contribution in [-0.2, 0) is 0 Å². The molecular weight excluding hydrogens is 274 g/mol. The Balaban J connectivity index is 2.94. The molecule has 0 bridgehead atoms. The molecule has 0 saturated carbocycles. The third-order valence-corrected chi connectivity index (χ3v) is 1.81. The van der Waals surface area contributed by atoms with Crippen molar-refractivity contribution >= 4 is 27.5 Å². The fraction of sp³-hybridized carbons (Fsp3) is 0.167. The molecule has 72 valence electrons. The molecule has 1 aromatic rings. The maximum atomic E-state index is 11.7. The molecule has 1 heterocycles. The van der Waals surface area contributed by atoms with E-state index in [1.54, 1.807) is 0 Å². The Labute approximate surface area is 84.8 Å². The van der Waals surface area contributed by atoms with Crippen LogP contribution in [0.15, 0.2) is 16.7 Å². The van der Waals surface area contributed by atoms with Crippen LogP contribution >= 0.6 is 27.5 Å². The number of hydrogen-bond donors (Lipinski definition) is 0. The van der Waals surface area contributed by atoms with Crippen molar-refractivity contribution in [1.82, 2.24) is 4.98 Å². The third kappa shape index (κ3) is 3.40. The summed E-state index contributed by atoms with van der Waals surface area (Å²) in [7, 11) is 0. The SMILES string of the molecule is FC(F)(F)Oc1cc(Cl)ncc1Br. The van der Waals surface area contributed by atoms with Crippen LogP contribution < -0.4 is 4.74 Å². The second-order valence-corrected chi connectivity index (χ2v) is 3.23. The Hall–Kier alpha value is -0.490. The Kier molecular flexibility index (Phi) is 3.02. The van der Waals surface area contributed by atoms with Crippen molar-refractivity contribution in [1.29, 1.82) is 0 Å². The van der Waals surface area contributed by atoms with Crippen molar-refractivity contribution < 1.29 is 17.9 Å². The van der Waals surface area contributed by atoms with Crippen LogP contribution in [0.1, 0.15) is 0 Å². The monoisotopic (exact) mass is 275 g/mol. The van der Waals surface area contributed by atoms with Gasteiger partial charge in [0.1, 0.15) is 10.9 Å². The average molecular weight is 276 g/mol. The van der Waals surface area contributed by atoms with Gasteiger partial charge >= 0.3 is 6.36 Å². The number of aromatic nitrogens is 1. The van der Waals surface area contributed by atoms with Gasteiger partial charge in [-0.3, -0.25) is 0 Å². The van der Waals surface area contributed by atoms with Gasteiger partial charge in [-0.2, -0.15) is 0 Å². The van der Waals surface area contributed by atoms with Crippen LogP contribution in [-0.4, -0.2) is 11.3 Å². The van der Waals surface area contributed by atoms with Gasteiger partial charge < -0.3 is 4.74 Å². The van der Waals surface area contributed by atoms with Crippen molar-refractivity contribution in [3.05, 3.63) is 21.9 Å². The Morgan fingerprint density at radius 1 is 1.46 bits per heavy atom. The van der Waals surface area contributed by atoms with E-state index in [1.807, 2.05) is 0 Å². The molecule has 0 N–H and O–H groups in total. The first-order chi connectivity index (χ1) is 5.88. The maximum Gasteiger partial charge on any atom is 0.573 e. The van der Waals surface area contributed by atoms with Crippen LogP contribution in [0.5, 0.6) is 5.75 Å². The highest BCUT2D eigenvalue weighted by atomic mass is 79.9. The second-order valence-electron chi connectivity index (χ2n) is 1.99. The summed E-state index contributed by atoms with van der Waals surface area (Å²) in [6.07, 6.45) is -3.60. The second kappa shape index (κ2) is 3.71. The highest BCUT2D eigenvalue weighted by molar-refractivity contribution is 9.10. The molecule has 1 rings (SSSR count). The molecule has 1 aromatic heterocycles. The van der Waals surface area contributed by atoms with Gasteiger partial charge in [0.2, 0.25) is 0 Å². The quantitative estimate of drug-likeness (QED) is 0.734. The molecule has 0 amide bonds. The van der Waals surface area contributed by atoms with Gasteiger partial charge in [-0.1, -0.05) is 11.6 Å². The fourth-order valence-corrected chi connectivity index (χ4v) is 1.04. The van der Waals surface area contributed by atoms with Gasteiger partial charge in [0, 0.05) is 12.3 Å². The number of rotatable bonds is 1. The molecule has 0 aliphatic heterocycles. The Morgan fingerprint density at radius 3 is 2.62 bits per heavy atom. The highest BCUT2D eigenvalue weighted by Gasteiger charge is 2.32. The molecule has 0 saturated heterocycles. The van der Waals surface area contributed by atoms with E-state index < -0.39 is 12.1 Å². The summed E-state index contributed by atoms with van der Waals surface area (Å²) in [5, 5.41) is -0.0672. The summed E-state index contributed by atoms with van der Waals surface area (Å²) in [4.78, 5) is 3.54. The topological polar surface area (TPSA) is 22.1 Å². The number of alkyl halides is 3. The van der Waals surface area contributed by atoms with Gasteiger partial charge in [0.25, 0.3) is 0 Å². The summed E-state index contributed by atoms with van der Waals surface area (Å²) in [5.74, 6) is -0.410. The van der Waals surface area contributed by atoms with Crippen molar-refractivity contribution in [2.75, 3.05) is 0 Å². The van der Waals surface area contributed by atoms with Gasteiger partial charge in [0.15, 0.2) is 0 Å². The predicted molar refractivity (Wildman–Crippen MR) is 43.6 cm³/mol. The van der Waals surface area contributed by atoms with E-state index in [2.05, 4.69) is 25.7 Å². The summed E-state index contributed by atoms with van der Waals surface area (Å²) in [5.41, 5.74) is 0. The van der Waals surface area contributed by atoms with Gasteiger partial charge in [-0.15, -0.1) is 13.2 Å². The molecule has 0 aromatic carbocycles. The molecule has 0 spiro atoms. The zero-order chi connectivity index (χ0) is 10.1. The molecule has 0 unspecified atom stereocenters. The normalized spacial score (nSPS) is 11.5. The average Bonchev–Trinajstić information content (AvgIpc) is 1.94. The number of pyridine rings is 1. The van der Waals surface area contributed by atoms with E-state index in [1.165, 1.54) is 0 Å². The van der Waals surface area contributed by atoms with Crippen LogP contribution in [0.4, 0.5) is 13.2 Å². The first-order valence-corrected chi connectivity index (χ1v) is 4.12. The Morgan fingerprint density at radius 2 is 2.08 bits per heavy atom. The lowest BCUT2D eigenvalue weighted by Crippen LogP contribution is -2.17. The summed E-state index contributed by atoms with van der Waals surface area (Å²) >= 11 is 8.20. The molecule has 0 atom stereocenters. The number of nitrogens with zero attached hydrogens (tertiary/aromatic N) is 1. The zero-order valence-corrected chi connectivity index (χ0v) is 8.24. The van der Waals surface area contributed by atoms with Gasteiger partial charge in [-0.05, 0) is 15.9 Å². The standard InChI is InChI=1S/C6H2BrClF3NO/c7-3-2-12-5(8)1-4(3)13-6(9,10)11/h1-2H. The maximum absolute atomic E-state index is 11.7. The molecule has 7 heteroatoms. The third-order valence-electron chi connectivity index (χ3n) is 1.01. The van der Waals surface area contributed by atoms with E-state index in [4.69, 9.17) is 11.6 Å². The molecular formula is C6H2BrClF3NO. The van der Waals surface area contributed by atoms with Gasteiger partial charge in [0.05, 0.1) is 4.47 Å². The number of halogens is 5. The lowest BCUT2D eigenvalue weighted by molar-refractivity contribution is -0.274. The summed E-state index contributed by atoms with van der Waals surface area (Å²) < 4.78 is 39.0. The van der Waals surface area contributed by atoms with Crippen molar-refractivity contribution in [3.63, 3.8) is 0 Å². The van der Waals surface area contributed by atoms with E-state index in [0.717, 1.165) is 12.3 Å². The molecule has 13 heavy (non-hydrogen) atoms. The van der Waals surface area contributed by atoms with E-state index in [9.17, 15) is 13.2 Å². The summed E-state index contributed by atoms with van der Waals surface area (Å²) in [6.45, 7) is 0. The first-order valence-electron chi connectivity index (χ1n) is 2.95. The zero-order valence-electron chi connectivity index (χ0n) is 5.90. The van der Waals surface area contributed by atoms with Crippen LogP contribution in [0.25, 0.3) is 0 Å². The van der Waals surface area contributed by atoms with E-state index >= 15 is 0 Å². The van der Waals surface area contributed by atoms with Crippen LogP contribution in [0.2, 0.25) is 5.15 Å².